The van der Waals surface area contributed by atoms with E-state index in [0.717, 1.165) is 33.3 Å². The number of methoxy groups -OCH3 is 1. The van der Waals surface area contributed by atoms with E-state index in [-0.39, 0.29) is 11.7 Å². The number of nitrogens with zero attached hydrogens (tertiary/aromatic N) is 3. The fourth-order valence-electron chi connectivity index (χ4n) is 3.81. The molecule has 0 fully saturated rings. The Labute approximate surface area is 194 Å². The van der Waals surface area contributed by atoms with Crippen molar-refractivity contribution in [2.45, 2.75) is 12.1 Å². The first-order valence-electron chi connectivity index (χ1n) is 10.4. The van der Waals surface area contributed by atoms with E-state index in [9.17, 15) is 4.79 Å². The Morgan fingerprint density at radius 2 is 1.91 bits per heavy atom. The normalized spacial score (nSPS) is 11.2. The Bertz CT molecular complexity index is 1490. The van der Waals surface area contributed by atoms with Gasteiger partial charge in [0.15, 0.2) is 11.0 Å². The van der Waals surface area contributed by atoms with E-state index in [1.165, 1.54) is 11.8 Å². The number of amides is 1. The number of nitrogens with one attached hydrogen (secondary N) is 1. The number of hydrogen-bond acceptors (Lipinski definition) is 6. The van der Waals surface area contributed by atoms with E-state index >= 15 is 0 Å². The predicted octanol–water partition coefficient (Wildman–Crippen LogP) is 5.43. The maximum Gasteiger partial charge on any atom is 0.234 e. The van der Waals surface area contributed by atoms with Crippen molar-refractivity contribution in [3.8, 4) is 17.1 Å². The second-order valence-corrected chi connectivity index (χ2v) is 8.66. The average molecular weight is 459 g/mol. The van der Waals surface area contributed by atoms with Gasteiger partial charge in [-0.3, -0.25) is 4.79 Å². The molecule has 3 aromatic carbocycles. The van der Waals surface area contributed by atoms with Crippen LogP contribution in [0.4, 0.5) is 5.69 Å². The summed E-state index contributed by atoms with van der Waals surface area (Å²) in [6.45, 7) is 2.04. The Morgan fingerprint density at radius 1 is 1.06 bits per heavy atom. The molecule has 0 atom stereocenters. The lowest BCUT2D eigenvalue weighted by molar-refractivity contribution is -0.113. The number of aryl methyl sites for hydroxylation is 1. The SMILES string of the molecule is COc1cc2c(cc1NC(=O)CSc1nnc(-c3cccc(C)c3)n1C)oc1ccccc12. The second kappa shape index (κ2) is 8.63. The molecule has 0 aliphatic carbocycles. The van der Waals surface area contributed by atoms with E-state index in [1.54, 1.807) is 13.2 Å². The van der Waals surface area contributed by atoms with Gasteiger partial charge in [0.25, 0.3) is 0 Å². The quantitative estimate of drug-likeness (QED) is 0.342. The highest BCUT2D eigenvalue weighted by Crippen LogP contribution is 2.36. The van der Waals surface area contributed by atoms with E-state index in [0.29, 0.717) is 22.2 Å². The number of thioether (sulfide) groups is 1. The number of ether oxygens (including phenoxy) is 1. The van der Waals surface area contributed by atoms with Crippen LogP contribution in [0.2, 0.25) is 0 Å². The van der Waals surface area contributed by atoms with Crippen LogP contribution in [0.3, 0.4) is 0 Å². The third kappa shape index (κ3) is 4.05. The molecule has 2 aromatic heterocycles. The van der Waals surface area contributed by atoms with Crippen molar-refractivity contribution < 1.29 is 13.9 Å². The molecule has 5 rings (SSSR count). The van der Waals surface area contributed by atoms with E-state index in [1.807, 2.05) is 67.1 Å². The summed E-state index contributed by atoms with van der Waals surface area (Å²) in [7, 11) is 3.48. The highest BCUT2D eigenvalue weighted by Gasteiger charge is 2.16. The van der Waals surface area contributed by atoms with Gasteiger partial charge in [0.05, 0.1) is 18.6 Å². The highest BCUT2D eigenvalue weighted by atomic mass is 32.2. The molecule has 0 spiro atoms. The molecule has 166 valence electrons. The number of anilines is 1. The smallest absolute Gasteiger partial charge is 0.234 e. The van der Waals surface area contributed by atoms with Gasteiger partial charge >= 0.3 is 0 Å². The summed E-state index contributed by atoms with van der Waals surface area (Å²) in [5.41, 5.74) is 4.19. The summed E-state index contributed by atoms with van der Waals surface area (Å²) in [4.78, 5) is 12.7. The molecule has 7 nitrogen and oxygen atoms in total. The van der Waals surface area contributed by atoms with Gasteiger partial charge in [-0.15, -0.1) is 10.2 Å². The molecule has 0 aliphatic heterocycles. The Kier molecular flexibility index (Phi) is 5.51. The second-order valence-electron chi connectivity index (χ2n) is 7.72. The monoisotopic (exact) mass is 458 g/mol. The summed E-state index contributed by atoms with van der Waals surface area (Å²) in [5, 5.41) is 14.1. The van der Waals surface area contributed by atoms with Crippen LogP contribution in [-0.4, -0.2) is 33.5 Å². The minimum absolute atomic E-state index is 0.172. The van der Waals surface area contributed by atoms with Crippen LogP contribution in [0.1, 0.15) is 5.56 Å². The van der Waals surface area contributed by atoms with Gasteiger partial charge in [0.1, 0.15) is 16.9 Å². The Hall–Kier alpha value is -3.78. The van der Waals surface area contributed by atoms with Gasteiger partial charge in [-0.2, -0.15) is 0 Å². The lowest BCUT2D eigenvalue weighted by Gasteiger charge is -2.10. The summed E-state index contributed by atoms with van der Waals surface area (Å²) in [5.74, 6) is 1.35. The van der Waals surface area contributed by atoms with Gasteiger partial charge in [-0.05, 0) is 25.1 Å². The van der Waals surface area contributed by atoms with Gasteiger partial charge in [0, 0.05) is 29.4 Å². The van der Waals surface area contributed by atoms with Gasteiger partial charge in [0.2, 0.25) is 5.91 Å². The minimum Gasteiger partial charge on any atom is -0.495 e. The fraction of sp³-hybridized carbons (Fsp3) is 0.160. The lowest BCUT2D eigenvalue weighted by Crippen LogP contribution is -2.15. The zero-order valence-corrected chi connectivity index (χ0v) is 19.3. The Morgan fingerprint density at radius 3 is 2.73 bits per heavy atom. The molecular formula is C25H22N4O3S. The standard InChI is InChI=1S/C25H22N4O3S/c1-15-7-6-8-16(11-15)24-27-28-25(29(24)2)33-14-23(30)26-19-13-21-18(12-22(19)31-3)17-9-4-5-10-20(17)32-21/h4-13H,14H2,1-3H3,(H,26,30). The van der Waals surface area contributed by atoms with Crippen LogP contribution >= 0.6 is 11.8 Å². The first-order valence-corrected chi connectivity index (χ1v) is 11.4. The molecule has 2 heterocycles. The third-order valence-electron chi connectivity index (χ3n) is 5.42. The van der Waals surface area contributed by atoms with Crippen molar-refractivity contribution in [2.24, 2.45) is 7.05 Å². The number of fused-ring (bicyclic) bond motifs is 3. The van der Waals surface area contributed by atoms with Crippen molar-refractivity contribution in [3.05, 3.63) is 66.2 Å². The molecule has 1 N–H and O–H groups in total. The van der Waals surface area contributed by atoms with E-state index in [2.05, 4.69) is 21.6 Å². The van der Waals surface area contributed by atoms with Gasteiger partial charge in [-0.1, -0.05) is 53.7 Å². The summed E-state index contributed by atoms with van der Waals surface area (Å²) in [6.07, 6.45) is 0. The molecule has 0 unspecified atom stereocenters. The summed E-state index contributed by atoms with van der Waals surface area (Å²) in [6, 6.07) is 19.6. The fourth-order valence-corrected chi connectivity index (χ4v) is 4.52. The molecule has 5 aromatic rings. The Balaban J connectivity index is 1.33. The number of aromatic nitrogens is 3. The van der Waals surface area contributed by atoms with Crippen LogP contribution in [0.5, 0.6) is 5.75 Å². The number of para-hydroxylation sites is 1. The topological polar surface area (TPSA) is 82.2 Å². The number of rotatable bonds is 6. The molecule has 0 radical (unpaired) electrons. The van der Waals surface area contributed by atoms with Gasteiger partial charge in [-0.25, -0.2) is 0 Å². The highest BCUT2D eigenvalue weighted by molar-refractivity contribution is 7.99. The average Bonchev–Trinajstić information content (AvgIpc) is 3.36. The molecule has 0 bridgehead atoms. The zero-order valence-electron chi connectivity index (χ0n) is 18.5. The van der Waals surface area contributed by atoms with Crippen molar-refractivity contribution in [1.82, 2.24) is 14.8 Å². The predicted molar refractivity (Wildman–Crippen MR) is 131 cm³/mol. The minimum atomic E-state index is -0.172. The largest absolute Gasteiger partial charge is 0.495 e. The molecule has 0 saturated carbocycles. The van der Waals surface area contributed by atoms with Crippen LogP contribution in [0, 0.1) is 6.92 Å². The van der Waals surface area contributed by atoms with Crippen molar-refractivity contribution in [3.63, 3.8) is 0 Å². The van der Waals surface area contributed by atoms with Gasteiger partial charge < -0.3 is 19.0 Å². The number of furan rings is 1. The number of hydrogen-bond donors (Lipinski definition) is 1. The molecule has 0 saturated heterocycles. The molecule has 8 heteroatoms. The van der Waals surface area contributed by atoms with Crippen molar-refractivity contribution >= 4 is 45.3 Å². The molecular weight excluding hydrogens is 436 g/mol. The lowest BCUT2D eigenvalue weighted by atomic mass is 10.1. The number of carbonyl (C=O) groups is 1. The third-order valence-corrected chi connectivity index (χ3v) is 6.44. The number of benzene rings is 3. The summed E-state index contributed by atoms with van der Waals surface area (Å²) >= 11 is 1.33. The molecule has 1 amide bonds. The first kappa shape index (κ1) is 21.1. The van der Waals surface area contributed by atoms with E-state index < -0.39 is 0 Å². The number of carbonyl (C=O) groups excluding carboxylic acids is 1. The van der Waals surface area contributed by atoms with Crippen molar-refractivity contribution in [1.29, 1.82) is 0 Å². The maximum absolute atomic E-state index is 12.7. The summed E-state index contributed by atoms with van der Waals surface area (Å²) < 4.78 is 13.4. The van der Waals surface area contributed by atoms with Crippen LogP contribution in [0.25, 0.3) is 33.3 Å². The maximum atomic E-state index is 12.7. The van der Waals surface area contributed by atoms with Crippen LogP contribution in [-0.2, 0) is 11.8 Å². The van der Waals surface area contributed by atoms with E-state index in [4.69, 9.17) is 9.15 Å². The molecule has 33 heavy (non-hydrogen) atoms. The van der Waals surface area contributed by atoms with Crippen LogP contribution < -0.4 is 10.1 Å². The van der Waals surface area contributed by atoms with Crippen molar-refractivity contribution in [2.75, 3.05) is 18.2 Å². The van der Waals surface area contributed by atoms with Crippen LogP contribution in [0.15, 0.2) is 70.2 Å². The zero-order chi connectivity index (χ0) is 22.9. The first-order chi connectivity index (χ1) is 16.0. The molecule has 0 aliphatic rings.